The van der Waals surface area contributed by atoms with Crippen LogP contribution < -0.4 is 5.32 Å². The highest BCUT2D eigenvalue weighted by atomic mass is 16.3. The normalized spacial score (nSPS) is 11.9. The number of carbonyl (C=O) groups excluding carboxylic acids is 1. The average Bonchev–Trinajstić information content (AvgIpc) is 3.16. The molecule has 128 valence electrons. The van der Waals surface area contributed by atoms with Crippen molar-refractivity contribution in [1.82, 2.24) is 14.9 Å². The number of nitrogens with zero attached hydrogens (tertiary/aromatic N) is 2. The molecule has 2 N–H and O–H groups in total. The molecule has 0 aliphatic rings. The molecule has 1 heterocycles. The minimum atomic E-state index is -0.187. The molecule has 1 unspecified atom stereocenters. The minimum Gasteiger partial charge on any atom is -0.396 e. The van der Waals surface area contributed by atoms with Crippen LogP contribution in [-0.4, -0.2) is 27.2 Å². The third-order valence-corrected chi connectivity index (χ3v) is 4.06. The van der Waals surface area contributed by atoms with E-state index in [4.69, 9.17) is 5.11 Å². The third kappa shape index (κ3) is 4.14. The lowest BCUT2D eigenvalue weighted by Crippen LogP contribution is -2.30. The number of aromatic nitrogens is 2. The van der Waals surface area contributed by atoms with Gasteiger partial charge in [-0.3, -0.25) is 9.36 Å². The van der Waals surface area contributed by atoms with Gasteiger partial charge in [0.1, 0.15) is 5.69 Å². The lowest BCUT2D eigenvalue weighted by Gasteiger charge is -2.19. The van der Waals surface area contributed by atoms with Gasteiger partial charge in [0, 0.05) is 12.3 Å². The number of aliphatic hydroxyl groups excluding tert-OH is 1. The standard InChI is InChI=1S/C20H21N3O2/c24-13-7-12-18(16-8-3-1-4-9-16)22-20(25)19-14-21-15-23(19)17-10-5-2-6-11-17/h1-6,8-11,14-15,18,24H,7,12-13H2,(H,22,25). The number of benzene rings is 2. The highest BCUT2D eigenvalue weighted by Gasteiger charge is 2.18. The maximum Gasteiger partial charge on any atom is 0.270 e. The summed E-state index contributed by atoms with van der Waals surface area (Å²) in [6.45, 7) is 0.0984. The van der Waals surface area contributed by atoms with Crippen LogP contribution in [0.15, 0.2) is 73.2 Å². The molecule has 0 fully saturated rings. The number of imidazole rings is 1. The quantitative estimate of drug-likeness (QED) is 0.697. The number of hydrogen-bond acceptors (Lipinski definition) is 3. The zero-order valence-electron chi connectivity index (χ0n) is 13.9. The Morgan fingerprint density at radius 3 is 2.44 bits per heavy atom. The first kappa shape index (κ1) is 16.9. The minimum absolute atomic E-state index is 0.0984. The topological polar surface area (TPSA) is 67.2 Å². The van der Waals surface area contributed by atoms with E-state index < -0.39 is 0 Å². The Kier molecular flexibility index (Phi) is 5.59. The largest absolute Gasteiger partial charge is 0.396 e. The summed E-state index contributed by atoms with van der Waals surface area (Å²) in [4.78, 5) is 16.9. The fourth-order valence-electron chi connectivity index (χ4n) is 2.79. The monoisotopic (exact) mass is 335 g/mol. The van der Waals surface area contributed by atoms with Crippen LogP contribution >= 0.6 is 0 Å². The van der Waals surface area contributed by atoms with Crippen LogP contribution in [0.1, 0.15) is 34.9 Å². The van der Waals surface area contributed by atoms with E-state index in [1.807, 2.05) is 60.7 Å². The van der Waals surface area contributed by atoms with Gasteiger partial charge in [0.25, 0.3) is 5.91 Å². The molecule has 25 heavy (non-hydrogen) atoms. The Hall–Kier alpha value is -2.92. The summed E-state index contributed by atoms with van der Waals surface area (Å²) < 4.78 is 1.77. The lowest BCUT2D eigenvalue weighted by molar-refractivity contribution is 0.0925. The van der Waals surface area contributed by atoms with Gasteiger partial charge in [-0.25, -0.2) is 4.98 Å². The van der Waals surface area contributed by atoms with Crippen molar-refractivity contribution >= 4 is 5.91 Å². The maximum atomic E-state index is 12.8. The first-order valence-corrected chi connectivity index (χ1v) is 8.34. The van der Waals surface area contributed by atoms with Gasteiger partial charge in [-0.05, 0) is 30.5 Å². The smallest absolute Gasteiger partial charge is 0.270 e. The van der Waals surface area contributed by atoms with Crippen LogP contribution in [0.5, 0.6) is 0 Å². The molecular weight excluding hydrogens is 314 g/mol. The number of hydrogen-bond donors (Lipinski definition) is 2. The second-order valence-electron chi connectivity index (χ2n) is 5.79. The first-order valence-electron chi connectivity index (χ1n) is 8.34. The second kappa shape index (κ2) is 8.26. The maximum absolute atomic E-state index is 12.8. The van der Waals surface area contributed by atoms with E-state index >= 15 is 0 Å². The first-order chi connectivity index (χ1) is 12.3. The molecule has 2 aromatic carbocycles. The molecule has 1 atom stereocenters. The summed E-state index contributed by atoms with van der Waals surface area (Å²) in [5, 5.41) is 12.2. The van der Waals surface area contributed by atoms with Crippen LogP contribution in [0.3, 0.4) is 0 Å². The highest BCUT2D eigenvalue weighted by molar-refractivity contribution is 5.93. The number of nitrogens with one attached hydrogen (secondary N) is 1. The van der Waals surface area contributed by atoms with Crippen molar-refractivity contribution in [1.29, 1.82) is 0 Å². The predicted molar refractivity (Wildman–Crippen MR) is 96.5 cm³/mol. The fourth-order valence-corrected chi connectivity index (χ4v) is 2.79. The van der Waals surface area contributed by atoms with Gasteiger partial charge < -0.3 is 10.4 Å². The van der Waals surface area contributed by atoms with Crippen molar-refractivity contribution in [2.75, 3.05) is 6.61 Å². The van der Waals surface area contributed by atoms with Crippen molar-refractivity contribution in [3.63, 3.8) is 0 Å². The number of para-hydroxylation sites is 1. The molecule has 5 heteroatoms. The fraction of sp³-hybridized carbons (Fsp3) is 0.200. The zero-order valence-corrected chi connectivity index (χ0v) is 13.9. The summed E-state index contributed by atoms with van der Waals surface area (Å²) in [6.07, 6.45) is 4.50. The molecule has 0 radical (unpaired) electrons. The van der Waals surface area contributed by atoms with Crippen molar-refractivity contribution < 1.29 is 9.90 Å². The van der Waals surface area contributed by atoms with E-state index in [2.05, 4.69) is 10.3 Å². The molecule has 0 aliphatic heterocycles. The summed E-state index contributed by atoms with van der Waals surface area (Å²) in [5.41, 5.74) is 2.39. The molecule has 3 aromatic rings. The van der Waals surface area contributed by atoms with Crippen molar-refractivity contribution in [2.24, 2.45) is 0 Å². The zero-order chi connectivity index (χ0) is 17.5. The summed E-state index contributed by atoms with van der Waals surface area (Å²) in [5.74, 6) is -0.187. The molecule has 0 bridgehead atoms. The van der Waals surface area contributed by atoms with Crippen LogP contribution in [0.25, 0.3) is 5.69 Å². The van der Waals surface area contributed by atoms with Crippen molar-refractivity contribution in [2.45, 2.75) is 18.9 Å². The number of aliphatic hydroxyl groups is 1. The molecule has 0 saturated heterocycles. The predicted octanol–water partition coefficient (Wildman–Crippen LogP) is 3.12. The Labute approximate surface area is 147 Å². The Bertz CT molecular complexity index is 800. The van der Waals surface area contributed by atoms with Crippen molar-refractivity contribution in [3.8, 4) is 5.69 Å². The Balaban J connectivity index is 1.82. The van der Waals surface area contributed by atoms with E-state index in [1.165, 1.54) is 0 Å². The molecule has 0 saturated carbocycles. The van der Waals surface area contributed by atoms with Gasteiger partial charge in [-0.15, -0.1) is 0 Å². The Morgan fingerprint density at radius 2 is 1.76 bits per heavy atom. The summed E-state index contributed by atoms with van der Waals surface area (Å²) in [6, 6.07) is 19.3. The van der Waals surface area contributed by atoms with Gasteiger partial charge >= 0.3 is 0 Å². The van der Waals surface area contributed by atoms with Crippen LogP contribution in [0.4, 0.5) is 0 Å². The summed E-state index contributed by atoms with van der Waals surface area (Å²) in [7, 11) is 0. The molecule has 3 rings (SSSR count). The van der Waals surface area contributed by atoms with Crippen LogP contribution in [-0.2, 0) is 0 Å². The van der Waals surface area contributed by atoms with Gasteiger partial charge in [0.05, 0.1) is 18.6 Å². The summed E-state index contributed by atoms with van der Waals surface area (Å²) >= 11 is 0. The Morgan fingerprint density at radius 1 is 1.08 bits per heavy atom. The molecule has 0 aliphatic carbocycles. The highest BCUT2D eigenvalue weighted by Crippen LogP contribution is 2.19. The van der Waals surface area contributed by atoms with E-state index in [-0.39, 0.29) is 18.6 Å². The van der Waals surface area contributed by atoms with E-state index in [9.17, 15) is 4.79 Å². The number of rotatable bonds is 7. The number of carbonyl (C=O) groups is 1. The molecule has 1 aromatic heterocycles. The van der Waals surface area contributed by atoms with Gasteiger partial charge in [-0.1, -0.05) is 48.5 Å². The van der Waals surface area contributed by atoms with E-state index in [1.54, 1.807) is 17.1 Å². The number of amides is 1. The molecule has 1 amide bonds. The van der Waals surface area contributed by atoms with Gasteiger partial charge in [0.15, 0.2) is 0 Å². The average molecular weight is 335 g/mol. The second-order valence-corrected chi connectivity index (χ2v) is 5.79. The molecule has 0 spiro atoms. The van der Waals surface area contributed by atoms with Crippen LogP contribution in [0.2, 0.25) is 0 Å². The lowest BCUT2D eigenvalue weighted by atomic mass is 10.0. The van der Waals surface area contributed by atoms with E-state index in [0.29, 0.717) is 18.5 Å². The van der Waals surface area contributed by atoms with Gasteiger partial charge in [-0.2, -0.15) is 0 Å². The third-order valence-electron chi connectivity index (χ3n) is 4.06. The van der Waals surface area contributed by atoms with Crippen molar-refractivity contribution in [3.05, 3.63) is 84.4 Å². The molecular formula is C20H21N3O2. The molecule has 5 nitrogen and oxygen atoms in total. The van der Waals surface area contributed by atoms with Gasteiger partial charge in [0.2, 0.25) is 0 Å². The van der Waals surface area contributed by atoms with Crippen LogP contribution in [0, 0.1) is 0 Å². The van der Waals surface area contributed by atoms with E-state index in [0.717, 1.165) is 11.3 Å². The SMILES string of the molecule is O=C(NC(CCCO)c1ccccc1)c1cncn1-c1ccccc1.